The molecule has 8 nitrogen and oxygen atoms in total. The monoisotopic (exact) mass is 567 g/mol. The summed E-state index contributed by atoms with van der Waals surface area (Å²) >= 11 is 0. The highest BCUT2D eigenvalue weighted by atomic mass is 127. The molecule has 1 aromatic heterocycles. The number of guanidine groups is 1. The Bertz CT molecular complexity index is 890. The lowest BCUT2D eigenvalue weighted by molar-refractivity contribution is 0.0258. The van der Waals surface area contributed by atoms with E-state index in [1.54, 1.807) is 4.68 Å². The van der Waals surface area contributed by atoms with Crippen molar-refractivity contribution < 1.29 is 4.74 Å². The number of hydrogen-bond donors (Lipinski definition) is 3. The molecule has 0 aliphatic rings. The minimum absolute atomic E-state index is 0. The van der Waals surface area contributed by atoms with Crippen molar-refractivity contribution in [2.45, 2.75) is 53.1 Å². The summed E-state index contributed by atoms with van der Waals surface area (Å²) in [7, 11) is 0. The molecule has 4 N–H and O–H groups in total. The number of nitrogens with two attached hydrogens (primary N) is 1. The van der Waals surface area contributed by atoms with Crippen LogP contribution in [0.3, 0.4) is 0 Å². The Morgan fingerprint density at radius 2 is 1.97 bits per heavy atom. The van der Waals surface area contributed by atoms with Crippen LogP contribution in [0.25, 0.3) is 5.69 Å². The van der Waals surface area contributed by atoms with Crippen molar-refractivity contribution in [3.8, 4) is 11.8 Å². The average Bonchev–Trinajstić information content (AvgIpc) is 3.11. The molecule has 0 saturated carbocycles. The molecule has 0 saturated heterocycles. The van der Waals surface area contributed by atoms with Gasteiger partial charge in [0.2, 0.25) is 0 Å². The zero-order chi connectivity index (χ0) is 23.3. The minimum Gasteiger partial charge on any atom is -0.382 e. The standard InChI is InChI=1S/C24H37N7O.HI/c1-5-27-24(29-16-14-22(18(3)4)32-6-2)28-15-10-13-21-20(17-25)23(26)31(30-21)19-11-8-7-9-12-19;/h7-9,11-12,18,22H,5-6,10,13-16,26H2,1-4H3,(H2,27,28,29);1H. The van der Waals surface area contributed by atoms with Crippen LogP contribution in [0.2, 0.25) is 0 Å². The van der Waals surface area contributed by atoms with E-state index in [4.69, 9.17) is 10.5 Å². The van der Waals surface area contributed by atoms with Crippen LogP contribution in [0, 0.1) is 17.2 Å². The summed E-state index contributed by atoms with van der Waals surface area (Å²) in [6.45, 7) is 11.4. The number of para-hydroxylation sites is 1. The molecule has 2 aromatic rings. The number of nitrogens with one attached hydrogen (secondary N) is 2. The van der Waals surface area contributed by atoms with Gasteiger partial charge in [-0.25, -0.2) is 4.68 Å². The number of halogens is 1. The number of nitrogen functional groups attached to an aromatic ring is 1. The molecule has 0 fully saturated rings. The normalized spacial score (nSPS) is 12.2. The fourth-order valence-electron chi connectivity index (χ4n) is 3.48. The van der Waals surface area contributed by atoms with Crippen molar-refractivity contribution in [3.05, 3.63) is 41.6 Å². The number of nitriles is 1. The highest BCUT2D eigenvalue weighted by Crippen LogP contribution is 2.21. The van der Waals surface area contributed by atoms with Gasteiger partial charge in [-0.1, -0.05) is 32.0 Å². The number of aliphatic imine (C=N–C) groups is 1. The SMILES string of the molecule is CCNC(=NCCCc1nn(-c2ccccc2)c(N)c1C#N)NCCC(OCC)C(C)C.I. The Morgan fingerprint density at radius 3 is 2.58 bits per heavy atom. The number of benzene rings is 1. The van der Waals surface area contributed by atoms with Gasteiger partial charge in [0, 0.05) is 26.2 Å². The van der Waals surface area contributed by atoms with Crippen molar-refractivity contribution >= 4 is 35.8 Å². The third kappa shape index (κ3) is 8.85. The number of ether oxygens (including phenoxy) is 1. The molecule has 0 bridgehead atoms. The van der Waals surface area contributed by atoms with E-state index in [0.717, 1.165) is 44.2 Å². The molecule has 2 rings (SSSR count). The zero-order valence-electron chi connectivity index (χ0n) is 20.2. The van der Waals surface area contributed by atoms with E-state index in [1.165, 1.54) is 0 Å². The zero-order valence-corrected chi connectivity index (χ0v) is 22.5. The Balaban J connectivity index is 0.00000544. The van der Waals surface area contributed by atoms with Crippen LogP contribution in [0.1, 0.15) is 51.8 Å². The van der Waals surface area contributed by atoms with Crippen LogP contribution in [0.4, 0.5) is 5.82 Å². The third-order valence-electron chi connectivity index (χ3n) is 5.14. The first kappa shape index (κ1) is 28.7. The van der Waals surface area contributed by atoms with Gasteiger partial charge >= 0.3 is 0 Å². The maximum Gasteiger partial charge on any atom is 0.191 e. The molecule has 0 amide bonds. The fraction of sp³-hybridized carbons (Fsp3) is 0.542. The van der Waals surface area contributed by atoms with Gasteiger partial charge in [-0.2, -0.15) is 10.4 Å². The predicted octanol–water partition coefficient (Wildman–Crippen LogP) is 3.88. The van der Waals surface area contributed by atoms with Crippen LogP contribution in [0.5, 0.6) is 0 Å². The van der Waals surface area contributed by atoms with Crippen LogP contribution in [0.15, 0.2) is 35.3 Å². The molecule has 1 aromatic carbocycles. The van der Waals surface area contributed by atoms with E-state index in [1.807, 2.05) is 44.2 Å². The summed E-state index contributed by atoms with van der Waals surface area (Å²) in [4.78, 5) is 4.66. The molecule has 1 heterocycles. The second-order valence-corrected chi connectivity index (χ2v) is 7.88. The minimum atomic E-state index is 0. The topological polar surface area (TPSA) is 113 Å². The quantitative estimate of drug-likeness (QED) is 0.155. The molecule has 1 unspecified atom stereocenters. The highest BCUT2D eigenvalue weighted by Gasteiger charge is 2.16. The third-order valence-corrected chi connectivity index (χ3v) is 5.14. The molecular formula is C24H38IN7O. The van der Waals surface area contributed by atoms with Crippen molar-refractivity contribution in [3.63, 3.8) is 0 Å². The lowest BCUT2D eigenvalue weighted by Crippen LogP contribution is -2.39. The molecule has 0 spiro atoms. The Morgan fingerprint density at radius 1 is 1.24 bits per heavy atom. The number of hydrogen-bond acceptors (Lipinski definition) is 5. The summed E-state index contributed by atoms with van der Waals surface area (Å²) in [5, 5.41) is 20.8. The Hall–Kier alpha value is -2.32. The summed E-state index contributed by atoms with van der Waals surface area (Å²) in [6, 6.07) is 11.8. The van der Waals surface area contributed by atoms with E-state index in [2.05, 4.69) is 40.6 Å². The molecule has 9 heteroatoms. The maximum atomic E-state index is 9.55. The lowest BCUT2D eigenvalue weighted by Gasteiger charge is -2.21. The van der Waals surface area contributed by atoms with Gasteiger partial charge < -0.3 is 21.1 Å². The first-order chi connectivity index (χ1) is 15.5. The van der Waals surface area contributed by atoms with Crippen LogP contribution >= 0.6 is 24.0 Å². The Labute approximate surface area is 215 Å². The van der Waals surface area contributed by atoms with Gasteiger partial charge in [0.05, 0.1) is 17.5 Å². The summed E-state index contributed by atoms with van der Waals surface area (Å²) in [5.41, 5.74) is 8.17. The second kappa shape index (κ2) is 15.5. The molecule has 1 atom stereocenters. The van der Waals surface area contributed by atoms with E-state index in [0.29, 0.717) is 36.0 Å². The molecule has 182 valence electrons. The molecular weight excluding hydrogens is 529 g/mol. The van der Waals surface area contributed by atoms with E-state index in [-0.39, 0.29) is 30.1 Å². The van der Waals surface area contributed by atoms with Gasteiger partial charge in [0.1, 0.15) is 17.5 Å². The van der Waals surface area contributed by atoms with Gasteiger partial charge in [-0.3, -0.25) is 4.99 Å². The number of anilines is 1. The average molecular weight is 568 g/mol. The Kier molecular flexibility index (Phi) is 13.5. The number of aromatic nitrogens is 2. The maximum absolute atomic E-state index is 9.55. The van der Waals surface area contributed by atoms with Crippen LogP contribution < -0.4 is 16.4 Å². The fourth-order valence-corrected chi connectivity index (χ4v) is 3.48. The molecule has 33 heavy (non-hydrogen) atoms. The van der Waals surface area contributed by atoms with Crippen molar-refractivity contribution in [2.24, 2.45) is 10.9 Å². The first-order valence-corrected chi connectivity index (χ1v) is 11.5. The summed E-state index contributed by atoms with van der Waals surface area (Å²) in [5.74, 6) is 1.65. The van der Waals surface area contributed by atoms with Gasteiger partial charge in [0.25, 0.3) is 0 Å². The van der Waals surface area contributed by atoms with E-state index >= 15 is 0 Å². The van der Waals surface area contributed by atoms with Gasteiger partial charge in [-0.05, 0) is 51.2 Å². The van der Waals surface area contributed by atoms with Crippen LogP contribution in [-0.2, 0) is 11.2 Å². The number of rotatable bonds is 12. The van der Waals surface area contributed by atoms with E-state index < -0.39 is 0 Å². The van der Waals surface area contributed by atoms with Crippen molar-refractivity contribution in [2.75, 3.05) is 32.0 Å². The van der Waals surface area contributed by atoms with Crippen LogP contribution in [-0.4, -0.2) is 48.1 Å². The predicted molar refractivity (Wildman–Crippen MR) is 145 cm³/mol. The first-order valence-electron chi connectivity index (χ1n) is 11.5. The number of nitrogens with zero attached hydrogens (tertiary/aromatic N) is 4. The summed E-state index contributed by atoms with van der Waals surface area (Å²) in [6.07, 6.45) is 2.57. The summed E-state index contributed by atoms with van der Waals surface area (Å²) < 4.78 is 7.44. The smallest absolute Gasteiger partial charge is 0.191 e. The molecule has 0 aliphatic carbocycles. The number of aryl methyl sites for hydroxylation is 1. The van der Waals surface area contributed by atoms with E-state index in [9.17, 15) is 5.26 Å². The lowest BCUT2D eigenvalue weighted by atomic mass is 10.0. The van der Waals surface area contributed by atoms with Gasteiger partial charge in [-0.15, -0.1) is 24.0 Å². The largest absolute Gasteiger partial charge is 0.382 e. The van der Waals surface area contributed by atoms with Gasteiger partial charge in [0.15, 0.2) is 5.96 Å². The van der Waals surface area contributed by atoms with Crippen molar-refractivity contribution in [1.82, 2.24) is 20.4 Å². The second-order valence-electron chi connectivity index (χ2n) is 7.88. The van der Waals surface area contributed by atoms with Crippen molar-refractivity contribution in [1.29, 1.82) is 5.26 Å². The highest BCUT2D eigenvalue weighted by molar-refractivity contribution is 14.0. The molecule has 0 aliphatic heterocycles. The molecule has 0 radical (unpaired) electrons.